The minimum atomic E-state index is -0.189. The third-order valence-corrected chi connectivity index (χ3v) is 5.67. The summed E-state index contributed by atoms with van der Waals surface area (Å²) in [5.74, 6) is 1.58. The van der Waals surface area contributed by atoms with Crippen molar-refractivity contribution in [2.24, 2.45) is 7.05 Å². The maximum absolute atomic E-state index is 12.3. The Hall–Kier alpha value is -2.90. The van der Waals surface area contributed by atoms with Crippen LogP contribution in [-0.4, -0.2) is 65.1 Å². The molecule has 2 aromatic carbocycles. The van der Waals surface area contributed by atoms with Crippen LogP contribution in [0.1, 0.15) is 11.4 Å². The standard InChI is InChI=1S/C23H29N5O2/c1-17-6-4-5-7-21(17)30-16-23(29)24-18-8-9-20-19(14-18)25-22(27(20)3)15-28-12-10-26(2)11-13-28/h4-9,14H,10-13,15-16H2,1-3H3,(H,24,29). The first kappa shape index (κ1) is 20.4. The van der Waals surface area contributed by atoms with E-state index in [9.17, 15) is 4.79 Å². The summed E-state index contributed by atoms with van der Waals surface area (Å²) >= 11 is 0. The smallest absolute Gasteiger partial charge is 0.262 e. The van der Waals surface area contributed by atoms with E-state index < -0.39 is 0 Å². The van der Waals surface area contributed by atoms with Crippen molar-refractivity contribution in [2.45, 2.75) is 13.5 Å². The fourth-order valence-electron chi connectivity index (χ4n) is 3.73. The zero-order valence-corrected chi connectivity index (χ0v) is 17.9. The summed E-state index contributed by atoms with van der Waals surface area (Å²) in [6.07, 6.45) is 0. The summed E-state index contributed by atoms with van der Waals surface area (Å²) in [5.41, 5.74) is 3.69. The molecule has 1 fully saturated rings. The third kappa shape index (κ3) is 4.63. The first-order valence-corrected chi connectivity index (χ1v) is 10.3. The molecule has 1 aromatic heterocycles. The van der Waals surface area contributed by atoms with Crippen LogP contribution in [0.4, 0.5) is 5.69 Å². The molecule has 0 atom stereocenters. The average molecular weight is 408 g/mol. The Morgan fingerprint density at radius 3 is 2.63 bits per heavy atom. The zero-order chi connectivity index (χ0) is 21.1. The molecule has 1 N–H and O–H groups in total. The van der Waals surface area contributed by atoms with Crippen LogP contribution in [0, 0.1) is 6.92 Å². The number of piperazine rings is 1. The maximum Gasteiger partial charge on any atom is 0.262 e. The summed E-state index contributed by atoms with van der Waals surface area (Å²) in [6, 6.07) is 13.5. The number of aryl methyl sites for hydroxylation is 2. The molecule has 30 heavy (non-hydrogen) atoms. The van der Waals surface area contributed by atoms with Crippen LogP contribution in [0.15, 0.2) is 42.5 Å². The normalized spacial score (nSPS) is 15.4. The Bertz CT molecular complexity index is 1040. The Morgan fingerprint density at radius 1 is 1.10 bits per heavy atom. The van der Waals surface area contributed by atoms with Crippen molar-refractivity contribution in [1.82, 2.24) is 19.4 Å². The molecule has 1 amide bonds. The van der Waals surface area contributed by atoms with E-state index in [1.165, 1.54) is 0 Å². The van der Waals surface area contributed by atoms with Gasteiger partial charge in [-0.2, -0.15) is 0 Å². The molecule has 1 aliphatic rings. The lowest BCUT2D eigenvalue weighted by Crippen LogP contribution is -2.44. The molecule has 1 saturated heterocycles. The number of imidazole rings is 1. The number of amides is 1. The lowest BCUT2D eigenvalue weighted by atomic mass is 10.2. The summed E-state index contributed by atoms with van der Waals surface area (Å²) < 4.78 is 7.77. The largest absolute Gasteiger partial charge is 0.483 e. The topological polar surface area (TPSA) is 62.6 Å². The van der Waals surface area contributed by atoms with E-state index in [0.717, 1.165) is 66.6 Å². The second-order valence-electron chi connectivity index (χ2n) is 7.97. The SMILES string of the molecule is Cc1ccccc1OCC(=O)Nc1ccc2c(c1)nc(CN1CCN(C)CC1)n2C. The molecular weight excluding hydrogens is 378 g/mol. The lowest BCUT2D eigenvalue weighted by molar-refractivity contribution is -0.118. The van der Waals surface area contributed by atoms with Gasteiger partial charge in [0.25, 0.3) is 5.91 Å². The summed E-state index contributed by atoms with van der Waals surface area (Å²) in [6.45, 7) is 7.06. The molecule has 0 saturated carbocycles. The molecule has 3 aromatic rings. The van der Waals surface area contributed by atoms with Gasteiger partial charge in [-0.05, 0) is 43.8 Å². The van der Waals surface area contributed by atoms with E-state index in [1.54, 1.807) is 0 Å². The number of carbonyl (C=O) groups is 1. The molecule has 2 heterocycles. The minimum absolute atomic E-state index is 0.0280. The second kappa shape index (κ2) is 8.85. The second-order valence-corrected chi connectivity index (χ2v) is 7.97. The fourth-order valence-corrected chi connectivity index (χ4v) is 3.73. The van der Waals surface area contributed by atoms with E-state index in [4.69, 9.17) is 9.72 Å². The molecule has 7 heteroatoms. The van der Waals surface area contributed by atoms with Gasteiger partial charge in [0, 0.05) is 38.9 Å². The van der Waals surface area contributed by atoms with E-state index in [-0.39, 0.29) is 12.5 Å². The van der Waals surface area contributed by atoms with Crippen LogP contribution in [-0.2, 0) is 18.4 Å². The highest BCUT2D eigenvalue weighted by molar-refractivity contribution is 5.94. The van der Waals surface area contributed by atoms with Crippen LogP contribution < -0.4 is 10.1 Å². The number of para-hydroxylation sites is 1. The molecular formula is C23H29N5O2. The number of benzene rings is 2. The molecule has 158 valence electrons. The van der Waals surface area contributed by atoms with Crippen molar-refractivity contribution < 1.29 is 9.53 Å². The number of aromatic nitrogens is 2. The van der Waals surface area contributed by atoms with Gasteiger partial charge in [0.15, 0.2) is 6.61 Å². The van der Waals surface area contributed by atoms with Crippen molar-refractivity contribution in [2.75, 3.05) is 45.2 Å². The molecule has 0 radical (unpaired) electrons. The van der Waals surface area contributed by atoms with Gasteiger partial charge < -0.3 is 19.5 Å². The number of ether oxygens (including phenoxy) is 1. The summed E-state index contributed by atoms with van der Waals surface area (Å²) in [4.78, 5) is 21.9. The number of anilines is 1. The number of hydrogen-bond donors (Lipinski definition) is 1. The van der Waals surface area contributed by atoms with E-state index >= 15 is 0 Å². The fraction of sp³-hybridized carbons (Fsp3) is 0.391. The van der Waals surface area contributed by atoms with Gasteiger partial charge in [-0.15, -0.1) is 0 Å². The average Bonchev–Trinajstić information content (AvgIpc) is 3.04. The van der Waals surface area contributed by atoms with Crippen LogP contribution in [0.2, 0.25) is 0 Å². The maximum atomic E-state index is 12.3. The van der Waals surface area contributed by atoms with E-state index in [2.05, 4.69) is 33.8 Å². The molecule has 0 spiro atoms. The predicted molar refractivity (Wildman–Crippen MR) is 119 cm³/mol. The number of rotatable bonds is 6. The Balaban J connectivity index is 1.40. The summed E-state index contributed by atoms with van der Waals surface area (Å²) in [7, 11) is 4.21. The number of nitrogens with zero attached hydrogens (tertiary/aromatic N) is 4. The van der Waals surface area contributed by atoms with E-state index in [0.29, 0.717) is 0 Å². The van der Waals surface area contributed by atoms with Crippen LogP contribution in [0.5, 0.6) is 5.75 Å². The van der Waals surface area contributed by atoms with Crippen LogP contribution in [0.3, 0.4) is 0 Å². The zero-order valence-electron chi connectivity index (χ0n) is 17.9. The monoisotopic (exact) mass is 407 g/mol. The van der Waals surface area contributed by atoms with Gasteiger partial charge in [-0.1, -0.05) is 18.2 Å². The highest BCUT2D eigenvalue weighted by Crippen LogP contribution is 2.21. The first-order chi connectivity index (χ1) is 14.5. The Morgan fingerprint density at radius 2 is 1.87 bits per heavy atom. The van der Waals surface area contributed by atoms with Crippen molar-refractivity contribution in [3.05, 3.63) is 53.9 Å². The number of likely N-dealkylation sites (N-methyl/N-ethyl adjacent to an activating group) is 1. The number of fused-ring (bicyclic) bond motifs is 1. The molecule has 7 nitrogen and oxygen atoms in total. The molecule has 4 rings (SSSR count). The van der Waals surface area contributed by atoms with Crippen LogP contribution in [0.25, 0.3) is 11.0 Å². The van der Waals surface area contributed by atoms with Gasteiger partial charge in [0.2, 0.25) is 0 Å². The Labute approximate surface area is 177 Å². The van der Waals surface area contributed by atoms with Gasteiger partial charge in [0.05, 0.1) is 17.6 Å². The van der Waals surface area contributed by atoms with Gasteiger partial charge in [0.1, 0.15) is 11.6 Å². The highest BCUT2D eigenvalue weighted by atomic mass is 16.5. The quantitative estimate of drug-likeness (QED) is 0.681. The summed E-state index contributed by atoms with van der Waals surface area (Å²) in [5, 5.41) is 2.91. The van der Waals surface area contributed by atoms with Crippen molar-refractivity contribution in [3.63, 3.8) is 0 Å². The number of nitrogens with one attached hydrogen (secondary N) is 1. The molecule has 0 bridgehead atoms. The number of carbonyl (C=O) groups excluding carboxylic acids is 1. The van der Waals surface area contributed by atoms with Gasteiger partial charge in [-0.25, -0.2) is 4.98 Å². The van der Waals surface area contributed by atoms with E-state index in [1.807, 2.05) is 49.4 Å². The third-order valence-electron chi connectivity index (χ3n) is 5.67. The van der Waals surface area contributed by atoms with Crippen molar-refractivity contribution >= 4 is 22.6 Å². The van der Waals surface area contributed by atoms with Gasteiger partial charge in [-0.3, -0.25) is 9.69 Å². The van der Waals surface area contributed by atoms with Crippen molar-refractivity contribution in [3.8, 4) is 5.75 Å². The van der Waals surface area contributed by atoms with Gasteiger partial charge >= 0.3 is 0 Å². The van der Waals surface area contributed by atoms with Crippen molar-refractivity contribution in [1.29, 1.82) is 0 Å². The molecule has 0 unspecified atom stereocenters. The number of hydrogen-bond acceptors (Lipinski definition) is 5. The highest BCUT2D eigenvalue weighted by Gasteiger charge is 2.17. The van der Waals surface area contributed by atoms with Crippen LogP contribution >= 0.6 is 0 Å². The molecule has 0 aliphatic carbocycles. The predicted octanol–water partition coefficient (Wildman–Crippen LogP) is 2.65. The Kier molecular flexibility index (Phi) is 6.01. The molecule has 1 aliphatic heterocycles. The first-order valence-electron chi connectivity index (χ1n) is 10.3. The lowest BCUT2D eigenvalue weighted by Gasteiger charge is -2.31. The minimum Gasteiger partial charge on any atom is -0.483 e.